The van der Waals surface area contributed by atoms with Crippen molar-refractivity contribution < 1.29 is 9.47 Å². The number of ether oxygens (including phenoxy) is 2. The molecule has 2 nitrogen and oxygen atoms in total. The molecule has 0 bridgehead atoms. The SMILES string of the molecule is COCCC(C)Oc1cccc(Cl)c1. The molecule has 0 aromatic heterocycles. The minimum atomic E-state index is 0.147. The summed E-state index contributed by atoms with van der Waals surface area (Å²) in [6, 6.07) is 7.41. The van der Waals surface area contributed by atoms with E-state index in [4.69, 9.17) is 21.1 Å². The second-order valence-corrected chi connectivity index (χ2v) is 3.60. The Bertz CT molecular complexity index is 276. The highest BCUT2D eigenvalue weighted by Crippen LogP contribution is 2.18. The van der Waals surface area contributed by atoms with Gasteiger partial charge in [-0.2, -0.15) is 0 Å². The Morgan fingerprint density at radius 2 is 2.21 bits per heavy atom. The van der Waals surface area contributed by atoms with Crippen LogP contribution < -0.4 is 4.74 Å². The third-order valence-electron chi connectivity index (χ3n) is 1.86. The molecule has 0 saturated heterocycles. The molecule has 1 rings (SSSR count). The molecular formula is C11H15ClO2. The molecular weight excluding hydrogens is 200 g/mol. The molecule has 1 aromatic rings. The number of halogens is 1. The summed E-state index contributed by atoms with van der Waals surface area (Å²) in [5.74, 6) is 0.807. The summed E-state index contributed by atoms with van der Waals surface area (Å²) in [5.41, 5.74) is 0. The monoisotopic (exact) mass is 214 g/mol. The zero-order valence-corrected chi connectivity index (χ0v) is 9.25. The molecule has 0 aliphatic heterocycles. The molecule has 1 unspecified atom stereocenters. The Balaban J connectivity index is 2.43. The van der Waals surface area contributed by atoms with Gasteiger partial charge in [-0.05, 0) is 25.1 Å². The molecule has 14 heavy (non-hydrogen) atoms. The first-order valence-corrected chi connectivity index (χ1v) is 5.01. The summed E-state index contributed by atoms with van der Waals surface area (Å²) in [4.78, 5) is 0. The summed E-state index contributed by atoms with van der Waals surface area (Å²) in [7, 11) is 1.69. The highest BCUT2D eigenvalue weighted by atomic mass is 35.5. The highest BCUT2D eigenvalue weighted by Gasteiger charge is 2.03. The maximum atomic E-state index is 5.83. The minimum absolute atomic E-state index is 0.147. The molecule has 0 fully saturated rings. The fraction of sp³-hybridized carbons (Fsp3) is 0.455. The molecule has 1 atom stereocenters. The van der Waals surface area contributed by atoms with Crippen molar-refractivity contribution in [2.75, 3.05) is 13.7 Å². The van der Waals surface area contributed by atoms with Crippen molar-refractivity contribution in [3.8, 4) is 5.75 Å². The van der Waals surface area contributed by atoms with Gasteiger partial charge in [-0.15, -0.1) is 0 Å². The van der Waals surface area contributed by atoms with Crippen LogP contribution in [-0.4, -0.2) is 19.8 Å². The van der Waals surface area contributed by atoms with E-state index in [0.29, 0.717) is 11.6 Å². The van der Waals surface area contributed by atoms with Gasteiger partial charge in [0.05, 0.1) is 6.10 Å². The van der Waals surface area contributed by atoms with Crippen LogP contribution in [0.2, 0.25) is 5.02 Å². The quantitative estimate of drug-likeness (QED) is 0.750. The average molecular weight is 215 g/mol. The molecule has 0 heterocycles. The van der Waals surface area contributed by atoms with Crippen LogP contribution in [-0.2, 0) is 4.74 Å². The van der Waals surface area contributed by atoms with Crippen molar-refractivity contribution in [1.82, 2.24) is 0 Å². The van der Waals surface area contributed by atoms with E-state index >= 15 is 0 Å². The first kappa shape index (κ1) is 11.3. The van der Waals surface area contributed by atoms with Crippen molar-refractivity contribution in [3.05, 3.63) is 29.3 Å². The Kier molecular flexibility index (Phi) is 4.77. The second-order valence-electron chi connectivity index (χ2n) is 3.17. The van der Waals surface area contributed by atoms with Crippen LogP contribution in [0.15, 0.2) is 24.3 Å². The minimum Gasteiger partial charge on any atom is -0.491 e. The summed E-state index contributed by atoms with van der Waals surface area (Å²) in [5, 5.41) is 0.696. The van der Waals surface area contributed by atoms with Crippen LogP contribution in [0.1, 0.15) is 13.3 Å². The number of hydrogen-bond donors (Lipinski definition) is 0. The fourth-order valence-electron chi connectivity index (χ4n) is 1.12. The number of benzene rings is 1. The van der Waals surface area contributed by atoms with Gasteiger partial charge in [-0.25, -0.2) is 0 Å². The molecule has 0 aliphatic carbocycles. The zero-order chi connectivity index (χ0) is 10.4. The van der Waals surface area contributed by atoms with Gasteiger partial charge in [0.2, 0.25) is 0 Å². The maximum absolute atomic E-state index is 5.83. The summed E-state index contributed by atoms with van der Waals surface area (Å²) < 4.78 is 10.6. The largest absolute Gasteiger partial charge is 0.491 e. The van der Waals surface area contributed by atoms with Gasteiger partial charge < -0.3 is 9.47 Å². The lowest BCUT2D eigenvalue weighted by molar-refractivity contribution is 0.135. The van der Waals surface area contributed by atoms with E-state index in [1.165, 1.54) is 0 Å². The van der Waals surface area contributed by atoms with Crippen molar-refractivity contribution in [1.29, 1.82) is 0 Å². The van der Waals surface area contributed by atoms with Gasteiger partial charge in [0.1, 0.15) is 5.75 Å². The van der Waals surface area contributed by atoms with Gasteiger partial charge >= 0.3 is 0 Å². The van der Waals surface area contributed by atoms with Gasteiger partial charge in [-0.3, -0.25) is 0 Å². The van der Waals surface area contributed by atoms with E-state index < -0.39 is 0 Å². The lowest BCUT2D eigenvalue weighted by atomic mass is 10.3. The molecule has 1 aromatic carbocycles. The highest BCUT2D eigenvalue weighted by molar-refractivity contribution is 6.30. The molecule has 0 spiro atoms. The summed E-state index contributed by atoms with van der Waals surface area (Å²) in [6.07, 6.45) is 1.02. The van der Waals surface area contributed by atoms with Crippen molar-refractivity contribution >= 4 is 11.6 Å². The molecule has 0 radical (unpaired) electrons. The summed E-state index contributed by atoms with van der Waals surface area (Å²) in [6.45, 7) is 2.72. The van der Waals surface area contributed by atoms with Crippen LogP contribution in [0.25, 0.3) is 0 Å². The molecule has 78 valence electrons. The van der Waals surface area contributed by atoms with E-state index in [9.17, 15) is 0 Å². The van der Waals surface area contributed by atoms with Crippen molar-refractivity contribution in [3.63, 3.8) is 0 Å². The van der Waals surface area contributed by atoms with Crippen LogP contribution in [0.4, 0.5) is 0 Å². The molecule has 0 saturated carbocycles. The van der Waals surface area contributed by atoms with Gasteiger partial charge in [-0.1, -0.05) is 17.7 Å². The molecule has 3 heteroatoms. The van der Waals surface area contributed by atoms with E-state index in [2.05, 4.69) is 0 Å². The summed E-state index contributed by atoms with van der Waals surface area (Å²) >= 11 is 5.83. The smallest absolute Gasteiger partial charge is 0.121 e. The van der Waals surface area contributed by atoms with Crippen LogP contribution in [0.3, 0.4) is 0 Å². The van der Waals surface area contributed by atoms with Crippen molar-refractivity contribution in [2.24, 2.45) is 0 Å². The number of methoxy groups -OCH3 is 1. The first-order valence-electron chi connectivity index (χ1n) is 4.63. The van der Waals surface area contributed by atoms with E-state index in [0.717, 1.165) is 12.2 Å². The zero-order valence-electron chi connectivity index (χ0n) is 8.50. The third-order valence-corrected chi connectivity index (χ3v) is 2.10. The lowest BCUT2D eigenvalue weighted by Gasteiger charge is -2.14. The molecule has 0 amide bonds. The standard InChI is InChI=1S/C11H15ClO2/c1-9(6-7-13-2)14-11-5-3-4-10(12)8-11/h3-5,8-9H,6-7H2,1-2H3. The van der Waals surface area contributed by atoms with Gasteiger partial charge in [0.15, 0.2) is 0 Å². The first-order chi connectivity index (χ1) is 6.72. The topological polar surface area (TPSA) is 18.5 Å². The predicted octanol–water partition coefficient (Wildman–Crippen LogP) is 3.14. The predicted molar refractivity (Wildman–Crippen MR) is 58.0 cm³/mol. The van der Waals surface area contributed by atoms with Crippen LogP contribution in [0, 0.1) is 0 Å². The van der Waals surface area contributed by atoms with E-state index in [-0.39, 0.29) is 6.10 Å². The molecule has 0 N–H and O–H groups in total. The van der Waals surface area contributed by atoms with E-state index in [1.807, 2.05) is 31.2 Å². The Morgan fingerprint density at radius 3 is 2.86 bits per heavy atom. The Morgan fingerprint density at radius 1 is 1.43 bits per heavy atom. The lowest BCUT2D eigenvalue weighted by Crippen LogP contribution is -2.14. The van der Waals surface area contributed by atoms with Gasteiger partial charge in [0, 0.05) is 25.2 Å². The average Bonchev–Trinajstić information content (AvgIpc) is 2.15. The van der Waals surface area contributed by atoms with E-state index in [1.54, 1.807) is 7.11 Å². The third kappa shape index (κ3) is 3.99. The Hall–Kier alpha value is -0.730. The Labute approximate surface area is 89.8 Å². The van der Waals surface area contributed by atoms with Crippen molar-refractivity contribution in [2.45, 2.75) is 19.4 Å². The van der Waals surface area contributed by atoms with Crippen LogP contribution in [0.5, 0.6) is 5.75 Å². The fourth-order valence-corrected chi connectivity index (χ4v) is 1.30. The van der Waals surface area contributed by atoms with Crippen LogP contribution >= 0.6 is 11.6 Å². The van der Waals surface area contributed by atoms with Gasteiger partial charge in [0.25, 0.3) is 0 Å². The maximum Gasteiger partial charge on any atom is 0.121 e. The number of rotatable bonds is 5. The molecule has 0 aliphatic rings. The normalized spacial score (nSPS) is 12.5. The second kappa shape index (κ2) is 5.89. The number of hydrogen-bond acceptors (Lipinski definition) is 2.